The molecule has 17 heavy (non-hydrogen) atoms. The van der Waals surface area contributed by atoms with Gasteiger partial charge in [-0.15, -0.1) is 0 Å². The van der Waals surface area contributed by atoms with Crippen molar-refractivity contribution in [3.63, 3.8) is 0 Å². The van der Waals surface area contributed by atoms with Crippen LogP contribution in [0.4, 0.5) is 0 Å². The molecule has 0 aromatic heterocycles. The van der Waals surface area contributed by atoms with E-state index in [1.165, 1.54) is 0 Å². The fraction of sp³-hybridized carbons (Fsp3) is 0.364. The quantitative estimate of drug-likeness (QED) is 0.764. The second-order valence-electron chi connectivity index (χ2n) is 3.87. The van der Waals surface area contributed by atoms with Crippen LogP contribution in [0.1, 0.15) is 11.1 Å². The SMILES string of the molecule is CS(=O)(=O)CC(=O)NCc1ccc(CN)cc1. The number of benzene rings is 1. The fourth-order valence-electron chi connectivity index (χ4n) is 1.28. The highest BCUT2D eigenvalue weighted by atomic mass is 32.2. The van der Waals surface area contributed by atoms with Crippen LogP contribution in [0.3, 0.4) is 0 Å². The van der Waals surface area contributed by atoms with Crippen LogP contribution in [-0.2, 0) is 27.7 Å². The molecular weight excluding hydrogens is 240 g/mol. The lowest BCUT2D eigenvalue weighted by Crippen LogP contribution is -2.29. The summed E-state index contributed by atoms with van der Waals surface area (Å²) < 4.78 is 21.7. The van der Waals surface area contributed by atoms with Crippen molar-refractivity contribution in [2.24, 2.45) is 5.73 Å². The molecule has 1 amide bonds. The number of carbonyl (C=O) groups excluding carboxylic acids is 1. The lowest BCUT2D eigenvalue weighted by atomic mass is 10.1. The van der Waals surface area contributed by atoms with E-state index >= 15 is 0 Å². The zero-order valence-electron chi connectivity index (χ0n) is 9.64. The highest BCUT2D eigenvalue weighted by Crippen LogP contribution is 2.03. The van der Waals surface area contributed by atoms with Crippen molar-refractivity contribution in [3.05, 3.63) is 35.4 Å². The van der Waals surface area contributed by atoms with E-state index in [0.29, 0.717) is 13.1 Å². The van der Waals surface area contributed by atoms with Crippen LogP contribution in [0.15, 0.2) is 24.3 Å². The molecule has 0 bridgehead atoms. The van der Waals surface area contributed by atoms with Gasteiger partial charge in [0.25, 0.3) is 0 Å². The Morgan fingerprint density at radius 1 is 1.24 bits per heavy atom. The van der Waals surface area contributed by atoms with Gasteiger partial charge in [0, 0.05) is 19.3 Å². The monoisotopic (exact) mass is 256 g/mol. The molecule has 0 aliphatic heterocycles. The standard InChI is InChI=1S/C11H16N2O3S/c1-17(15,16)8-11(14)13-7-10-4-2-9(6-12)3-5-10/h2-5H,6-8,12H2,1H3,(H,13,14). The third-order valence-electron chi connectivity index (χ3n) is 2.14. The zero-order valence-corrected chi connectivity index (χ0v) is 10.5. The van der Waals surface area contributed by atoms with E-state index in [2.05, 4.69) is 5.32 Å². The van der Waals surface area contributed by atoms with Crippen molar-refractivity contribution in [2.45, 2.75) is 13.1 Å². The van der Waals surface area contributed by atoms with E-state index in [1.807, 2.05) is 24.3 Å². The average Bonchev–Trinajstić information content (AvgIpc) is 2.25. The van der Waals surface area contributed by atoms with E-state index in [9.17, 15) is 13.2 Å². The molecule has 0 saturated heterocycles. The summed E-state index contributed by atoms with van der Waals surface area (Å²) in [5.74, 6) is -0.969. The fourth-order valence-corrected chi connectivity index (χ4v) is 1.86. The number of hydrogen-bond donors (Lipinski definition) is 2. The maximum Gasteiger partial charge on any atom is 0.235 e. The number of sulfone groups is 1. The molecule has 0 radical (unpaired) electrons. The predicted molar refractivity (Wildman–Crippen MR) is 65.9 cm³/mol. The topological polar surface area (TPSA) is 89.3 Å². The van der Waals surface area contributed by atoms with E-state index in [1.54, 1.807) is 0 Å². The summed E-state index contributed by atoms with van der Waals surface area (Å²) in [5.41, 5.74) is 7.37. The van der Waals surface area contributed by atoms with Gasteiger partial charge in [-0.1, -0.05) is 24.3 Å². The molecule has 0 spiro atoms. The highest BCUT2D eigenvalue weighted by Gasteiger charge is 2.09. The number of hydrogen-bond acceptors (Lipinski definition) is 4. The van der Waals surface area contributed by atoms with Gasteiger partial charge in [-0.3, -0.25) is 4.79 Å². The number of amides is 1. The Morgan fingerprint density at radius 2 is 1.76 bits per heavy atom. The minimum absolute atomic E-state index is 0.319. The summed E-state index contributed by atoms with van der Waals surface area (Å²) in [4.78, 5) is 11.2. The second-order valence-corrected chi connectivity index (χ2v) is 6.01. The van der Waals surface area contributed by atoms with Gasteiger partial charge in [-0.05, 0) is 11.1 Å². The third kappa shape index (κ3) is 5.46. The summed E-state index contributed by atoms with van der Waals surface area (Å²) in [6, 6.07) is 7.45. The summed E-state index contributed by atoms with van der Waals surface area (Å²) >= 11 is 0. The first-order chi connectivity index (χ1) is 7.90. The second kappa shape index (κ2) is 5.79. The van der Waals surface area contributed by atoms with Crippen LogP contribution in [-0.4, -0.2) is 26.3 Å². The maximum atomic E-state index is 11.2. The molecule has 5 nitrogen and oxygen atoms in total. The summed E-state index contributed by atoms with van der Waals surface area (Å²) in [6.45, 7) is 0.792. The van der Waals surface area contributed by atoms with Crippen LogP contribution < -0.4 is 11.1 Å². The molecule has 0 atom stereocenters. The molecule has 0 unspecified atom stereocenters. The van der Waals surface area contributed by atoms with Crippen molar-refractivity contribution in [1.82, 2.24) is 5.32 Å². The summed E-state index contributed by atoms with van der Waals surface area (Å²) in [7, 11) is -3.27. The Bertz CT molecular complexity index is 480. The van der Waals surface area contributed by atoms with E-state index in [0.717, 1.165) is 17.4 Å². The lowest BCUT2D eigenvalue weighted by molar-refractivity contribution is -0.118. The molecular formula is C11H16N2O3S. The minimum atomic E-state index is -3.27. The van der Waals surface area contributed by atoms with E-state index < -0.39 is 21.5 Å². The van der Waals surface area contributed by atoms with Crippen molar-refractivity contribution in [2.75, 3.05) is 12.0 Å². The number of carbonyl (C=O) groups is 1. The molecule has 1 aromatic carbocycles. The van der Waals surface area contributed by atoms with Gasteiger partial charge >= 0.3 is 0 Å². The first-order valence-corrected chi connectivity index (χ1v) is 7.19. The number of rotatable bonds is 5. The predicted octanol–water partition coefficient (Wildman–Crippen LogP) is -0.194. The molecule has 1 rings (SSSR count). The number of nitrogens with two attached hydrogens (primary N) is 1. The molecule has 0 aliphatic rings. The minimum Gasteiger partial charge on any atom is -0.351 e. The summed E-state index contributed by atoms with van der Waals surface area (Å²) in [6.07, 6.45) is 1.03. The Labute approximate surface area is 101 Å². The number of nitrogens with one attached hydrogen (secondary N) is 1. The molecule has 6 heteroatoms. The third-order valence-corrected chi connectivity index (χ3v) is 2.93. The van der Waals surface area contributed by atoms with Crippen LogP contribution in [0.25, 0.3) is 0 Å². The van der Waals surface area contributed by atoms with Crippen LogP contribution in [0.5, 0.6) is 0 Å². The molecule has 94 valence electrons. The van der Waals surface area contributed by atoms with Gasteiger partial charge in [0.2, 0.25) is 5.91 Å². The van der Waals surface area contributed by atoms with Gasteiger partial charge in [0.15, 0.2) is 9.84 Å². The van der Waals surface area contributed by atoms with Crippen molar-refractivity contribution in [3.8, 4) is 0 Å². The van der Waals surface area contributed by atoms with Crippen LogP contribution in [0, 0.1) is 0 Å². The van der Waals surface area contributed by atoms with Crippen molar-refractivity contribution < 1.29 is 13.2 Å². The van der Waals surface area contributed by atoms with Gasteiger partial charge in [0.1, 0.15) is 5.75 Å². The Balaban J connectivity index is 2.47. The average molecular weight is 256 g/mol. The van der Waals surface area contributed by atoms with Gasteiger partial charge in [-0.25, -0.2) is 8.42 Å². The van der Waals surface area contributed by atoms with Gasteiger partial charge in [-0.2, -0.15) is 0 Å². The molecule has 1 aromatic rings. The zero-order chi connectivity index (χ0) is 12.9. The highest BCUT2D eigenvalue weighted by molar-refractivity contribution is 7.91. The maximum absolute atomic E-state index is 11.2. The summed E-state index contributed by atoms with van der Waals surface area (Å²) in [5, 5.41) is 2.54. The molecule has 3 N–H and O–H groups in total. The smallest absolute Gasteiger partial charge is 0.235 e. The normalized spacial score (nSPS) is 11.2. The lowest BCUT2D eigenvalue weighted by Gasteiger charge is -2.05. The Hall–Kier alpha value is -1.40. The Morgan fingerprint density at radius 3 is 2.24 bits per heavy atom. The molecule has 0 fully saturated rings. The molecule has 0 heterocycles. The largest absolute Gasteiger partial charge is 0.351 e. The first-order valence-electron chi connectivity index (χ1n) is 5.13. The van der Waals surface area contributed by atoms with Gasteiger partial charge in [0.05, 0.1) is 0 Å². The molecule has 0 saturated carbocycles. The first kappa shape index (κ1) is 13.7. The van der Waals surface area contributed by atoms with Crippen molar-refractivity contribution >= 4 is 15.7 Å². The van der Waals surface area contributed by atoms with Crippen LogP contribution in [0.2, 0.25) is 0 Å². The molecule has 0 aliphatic carbocycles. The Kier molecular flexibility index (Phi) is 4.65. The van der Waals surface area contributed by atoms with Gasteiger partial charge < -0.3 is 11.1 Å². The van der Waals surface area contributed by atoms with Crippen LogP contribution >= 0.6 is 0 Å². The van der Waals surface area contributed by atoms with E-state index in [-0.39, 0.29) is 0 Å². The van der Waals surface area contributed by atoms with Crippen molar-refractivity contribution in [1.29, 1.82) is 0 Å². The van der Waals surface area contributed by atoms with E-state index in [4.69, 9.17) is 5.73 Å².